The molecule has 3 aromatic rings. The number of benzene rings is 2. The topological polar surface area (TPSA) is 66.4 Å². The molecule has 6 nitrogen and oxygen atoms in total. The van der Waals surface area contributed by atoms with Crippen LogP contribution >= 0.6 is 0 Å². The molecule has 2 aromatic carbocycles. The van der Waals surface area contributed by atoms with Crippen molar-refractivity contribution in [1.29, 1.82) is 0 Å². The molecule has 0 unspecified atom stereocenters. The summed E-state index contributed by atoms with van der Waals surface area (Å²) in [5.41, 5.74) is 1.98. The van der Waals surface area contributed by atoms with Crippen molar-refractivity contribution in [3.63, 3.8) is 0 Å². The van der Waals surface area contributed by atoms with Crippen LogP contribution in [0.3, 0.4) is 0 Å². The summed E-state index contributed by atoms with van der Waals surface area (Å²) in [6.07, 6.45) is 2.76. The van der Waals surface area contributed by atoms with E-state index in [0.717, 1.165) is 42.9 Å². The number of anilines is 2. The molecule has 1 aliphatic rings. The number of fused-ring (bicyclic) bond motifs is 1. The maximum atomic E-state index is 11.9. The summed E-state index contributed by atoms with van der Waals surface area (Å²) >= 11 is 0. The van der Waals surface area contributed by atoms with Crippen LogP contribution < -0.4 is 9.80 Å². The number of hydrogen-bond acceptors (Lipinski definition) is 6. The number of rotatable bonds is 3. The van der Waals surface area contributed by atoms with Gasteiger partial charge in [-0.1, -0.05) is 18.2 Å². The Morgan fingerprint density at radius 2 is 1.58 bits per heavy atom. The van der Waals surface area contributed by atoms with E-state index in [0.29, 0.717) is 4.90 Å². The second-order valence-electron chi connectivity index (χ2n) is 6.46. The third-order valence-electron chi connectivity index (χ3n) is 4.71. The molecule has 4 rings (SSSR count). The highest BCUT2D eigenvalue weighted by molar-refractivity contribution is 7.90. The van der Waals surface area contributed by atoms with Gasteiger partial charge in [-0.2, -0.15) is 0 Å². The Morgan fingerprint density at radius 1 is 0.885 bits per heavy atom. The first-order valence-electron chi connectivity index (χ1n) is 8.52. The van der Waals surface area contributed by atoms with Gasteiger partial charge in [0.2, 0.25) is 0 Å². The van der Waals surface area contributed by atoms with E-state index in [4.69, 9.17) is 0 Å². The summed E-state index contributed by atoms with van der Waals surface area (Å²) in [4.78, 5) is 13.6. The van der Waals surface area contributed by atoms with Crippen LogP contribution in [0.15, 0.2) is 59.8 Å². The fourth-order valence-electron chi connectivity index (χ4n) is 3.32. The molecule has 0 amide bonds. The fourth-order valence-corrected chi connectivity index (χ4v) is 3.97. The van der Waals surface area contributed by atoms with Crippen molar-refractivity contribution in [2.24, 2.45) is 0 Å². The molecule has 7 heteroatoms. The second-order valence-corrected chi connectivity index (χ2v) is 8.47. The van der Waals surface area contributed by atoms with Gasteiger partial charge in [0.05, 0.1) is 10.4 Å². The smallest absolute Gasteiger partial charge is 0.175 e. The molecule has 134 valence electrons. The second kappa shape index (κ2) is 6.57. The molecule has 1 aromatic heterocycles. The first-order chi connectivity index (χ1) is 12.5. The zero-order valence-corrected chi connectivity index (χ0v) is 15.4. The zero-order chi connectivity index (χ0) is 18.1. The highest BCUT2D eigenvalue weighted by Gasteiger charge is 2.21. The minimum absolute atomic E-state index is 0.295. The van der Waals surface area contributed by atoms with Crippen LogP contribution in [0.4, 0.5) is 11.5 Å². The van der Waals surface area contributed by atoms with E-state index in [-0.39, 0.29) is 0 Å². The molecular formula is C19H20N4O2S. The van der Waals surface area contributed by atoms with Gasteiger partial charge in [0.25, 0.3) is 0 Å². The number of aromatic nitrogens is 2. The molecule has 0 aliphatic carbocycles. The van der Waals surface area contributed by atoms with Gasteiger partial charge in [-0.25, -0.2) is 18.4 Å². The molecule has 0 spiro atoms. The van der Waals surface area contributed by atoms with Crippen LogP contribution in [-0.2, 0) is 9.84 Å². The standard InChI is InChI=1S/C19H20N4O2S/c1-26(24,25)16-7-8-18-17(13-16)19(21-14-20-18)23-11-9-22(10-12-23)15-5-3-2-4-6-15/h2-8,13-14H,9-12H2,1H3. The van der Waals surface area contributed by atoms with Crippen molar-refractivity contribution in [2.75, 3.05) is 42.2 Å². The van der Waals surface area contributed by atoms with Crippen molar-refractivity contribution in [3.05, 3.63) is 54.9 Å². The molecule has 0 radical (unpaired) electrons. The fraction of sp³-hybridized carbons (Fsp3) is 0.263. The van der Waals surface area contributed by atoms with Crippen molar-refractivity contribution in [2.45, 2.75) is 4.90 Å². The van der Waals surface area contributed by atoms with Gasteiger partial charge in [0.15, 0.2) is 9.84 Å². The molecule has 0 atom stereocenters. The Kier molecular flexibility index (Phi) is 4.24. The Balaban J connectivity index is 1.63. The van der Waals surface area contributed by atoms with E-state index in [1.54, 1.807) is 24.5 Å². The lowest BCUT2D eigenvalue weighted by atomic mass is 10.2. The maximum Gasteiger partial charge on any atom is 0.175 e. The molecular weight excluding hydrogens is 348 g/mol. The van der Waals surface area contributed by atoms with Crippen molar-refractivity contribution < 1.29 is 8.42 Å². The lowest BCUT2D eigenvalue weighted by Gasteiger charge is -2.37. The highest BCUT2D eigenvalue weighted by atomic mass is 32.2. The van der Waals surface area contributed by atoms with Crippen LogP contribution in [0, 0.1) is 0 Å². The molecule has 0 N–H and O–H groups in total. The van der Waals surface area contributed by atoms with Crippen LogP contribution in [0.25, 0.3) is 10.9 Å². The van der Waals surface area contributed by atoms with Gasteiger partial charge in [-0.3, -0.25) is 0 Å². The lowest BCUT2D eigenvalue weighted by molar-refractivity contribution is 0.602. The van der Waals surface area contributed by atoms with E-state index < -0.39 is 9.84 Å². The summed E-state index contributed by atoms with van der Waals surface area (Å²) in [6.45, 7) is 3.43. The minimum atomic E-state index is -3.27. The molecule has 1 aliphatic heterocycles. The quantitative estimate of drug-likeness (QED) is 0.707. The van der Waals surface area contributed by atoms with E-state index >= 15 is 0 Å². The lowest BCUT2D eigenvalue weighted by Crippen LogP contribution is -2.46. The first-order valence-corrected chi connectivity index (χ1v) is 10.4. The molecule has 0 bridgehead atoms. The van der Waals surface area contributed by atoms with Crippen LogP contribution in [0.5, 0.6) is 0 Å². The zero-order valence-electron chi connectivity index (χ0n) is 14.5. The Bertz CT molecular complexity index is 1030. The number of hydrogen-bond donors (Lipinski definition) is 0. The largest absolute Gasteiger partial charge is 0.368 e. The van der Waals surface area contributed by atoms with Gasteiger partial charge in [0, 0.05) is 43.5 Å². The summed E-state index contributed by atoms with van der Waals surface area (Å²) < 4.78 is 23.8. The van der Waals surface area contributed by atoms with E-state index in [2.05, 4.69) is 31.9 Å². The first kappa shape index (κ1) is 16.8. The molecule has 0 saturated carbocycles. The Morgan fingerprint density at radius 3 is 2.27 bits per heavy atom. The van der Waals surface area contributed by atoms with Crippen LogP contribution in [0.1, 0.15) is 0 Å². The van der Waals surface area contributed by atoms with Crippen LogP contribution in [-0.4, -0.2) is 50.8 Å². The molecule has 26 heavy (non-hydrogen) atoms. The molecule has 1 saturated heterocycles. The van der Waals surface area contributed by atoms with E-state index in [1.165, 1.54) is 11.9 Å². The summed E-state index contributed by atoms with van der Waals surface area (Å²) in [5.74, 6) is 0.799. The average molecular weight is 368 g/mol. The summed E-state index contributed by atoms with van der Waals surface area (Å²) in [7, 11) is -3.27. The maximum absolute atomic E-state index is 11.9. The van der Waals surface area contributed by atoms with Crippen molar-refractivity contribution in [3.8, 4) is 0 Å². The third kappa shape index (κ3) is 3.22. The average Bonchev–Trinajstić information content (AvgIpc) is 2.67. The predicted molar refractivity (Wildman–Crippen MR) is 104 cm³/mol. The summed E-state index contributed by atoms with van der Waals surface area (Å²) in [5, 5.41) is 0.781. The van der Waals surface area contributed by atoms with Gasteiger partial charge in [-0.15, -0.1) is 0 Å². The Labute approximate surface area is 153 Å². The van der Waals surface area contributed by atoms with E-state index in [9.17, 15) is 8.42 Å². The van der Waals surface area contributed by atoms with Gasteiger partial charge < -0.3 is 9.80 Å². The predicted octanol–water partition coefficient (Wildman–Crippen LogP) is 2.36. The summed E-state index contributed by atoms with van der Waals surface area (Å²) in [6, 6.07) is 15.4. The number of nitrogens with zero attached hydrogens (tertiary/aromatic N) is 4. The number of piperazine rings is 1. The highest BCUT2D eigenvalue weighted by Crippen LogP contribution is 2.27. The normalized spacial score (nSPS) is 15.4. The number of sulfone groups is 1. The third-order valence-corrected chi connectivity index (χ3v) is 5.82. The van der Waals surface area contributed by atoms with Gasteiger partial charge in [-0.05, 0) is 30.3 Å². The van der Waals surface area contributed by atoms with Gasteiger partial charge in [0.1, 0.15) is 12.1 Å². The van der Waals surface area contributed by atoms with Gasteiger partial charge >= 0.3 is 0 Å². The monoisotopic (exact) mass is 368 g/mol. The SMILES string of the molecule is CS(=O)(=O)c1ccc2ncnc(N3CCN(c4ccccc4)CC3)c2c1. The van der Waals surface area contributed by atoms with Crippen molar-refractivity contribution in [1.82, 2.24) is 9.97 Å². The number of para-hydroxylation sites is 1. The van der Waals surface area contributed by atoms with Crippen LogP contribution in [0.2, 0.25) is 0 Å². The Hall–Kier alpha value is -2.67. The van der Waals surface area contributed by atoms with E-state index in [1.807, 2.05) is 18.2 Å². The molecule has 1 fully saturated rings. The minimum Gasteiger partial charge on any atom is -0.368 e. The molecule has 2 heterocycles. The van der Waals surface area contributed by atoms with Crippen molar-refractivity contribution >= 4 is 32.2 Å².